The molecular weight excluding hydrogens is 378 g/mol. The third-order valence-electron chi connectivity index (χ3n) is 5.15. The van der Waals surface area contributed by atoms with E-state index in [0.717, 1.165) is 37.3 Å². The SMILES string of the molecule is OCCN1CCN(C[C@H](O)COC(c2ccc(F)cc2)c2ccc(F)cc2)CC1. The van der Waals surface area contributed by atoms with Crippen LogP contribution in [-0.4, -0.2) is 78.6 Å². The summed E-state index contributed by atoms with van der Waals surface area (Å²) in [6.45, 7) is 4.82. The monoisotopic (exact) mass is 406 g/mol. The van der Waals surface area contributed by atoms with Crippen molar-refractivity contribution in [1.29, 1.82) is 0 Å². The Balaban J connectivity index is 1.58. The van der Waals surface area contributed by atoms with Crippen molar-refractivity contribution in [3.63, 3.8) is 0 Å². The highest BCUT2D eigenvalue weighted by Crippen LogP contribution is 2.27. The summed E-state index contributed by atoms with van der Waals surface area (Å²) in [5.74, 6) is -0.682. The molecule has 0 unspecified atom stereocenters. The second kappa shape index (κ2) is 10.8. The average molecular weight is 406 g/mol. The van der Waals surface area contributed by atoms with Crippen LogP contribution in [0.2, 0.25) is 0 Å². The van der Waals surface area contributed by atoms with Gasteiger partial charge in [-0.2, -0.15) is 0 Å². The van der Waals surface area contributed by atoms with E-state index in [1.165, 1.54) is 24.3 Å². The third-order valence-corrected chi connectivity index (χ3v) is 5.15. The third kappa shape index (κ3) is 6.55. The lowest BCUT2D eigenvalue weighted by molar-refractivity contribution is -0.0150. The molecule has 1 atom stereocenters. The lowest BCUT2D eigenvalue weighted by atomic mass is 10.0. The van der Waals surface area contributed by atoms with Crippen LogP contribution in [0, 0.1) is 11.6 Å². The minimum atomic E-state index is -0.678. The molecule has 2 N–H and O–H groups in total. The van der Waals surface area contributed by atoms with Crippen LogP contribution in [-0.2, 0) is 4.74 Å². The van der Waals surface area contributed by atoms with Crippen LogP contribution in [0.3, 0.4) is 0 Å². The van der Waals surface area contributed by atoms with Crippen molar-refractivity contribution in [2.75, 3.05) is 52.5 Å². The molecule has 1 aliphatic rings. The maximum Gasteiger partial charge on any atom is 0.123 e. The van der Waals surface area contributed by atoms with Gasteiger partial charge in [-0.05, 0) is 35.4 Å². The molecule has 0 saturated carbocycles. The van der Waals surface area contributed by atoms with Gasteiger partial charge < -0.3 is 14.9 Å². The van der Waals surface area contributed by atoms with Gasteiger partial charge in [-0.15, -0.1) is 0 Å². The number of nitrogens with zero attached hydrogens (tertiary/aromatic N) is 2. The molecule has 2 aromatic carbocycles. The zero-order valence-electron chi connectivity index (χ0n) is 16.4. The molecule has 3 rings (SSSR count). The summed E-state index contributed by atoms with van der Waals surface area (Å²) in [6, 6.07) is 12.0. The maximum absolute atomic E-state index is 13.3. The first kappa shape index (κ1) is 21.8. The standard InChI is InChI=1S/C22H28F2N2O3/c23-19-5-1-17(2-6-19)22(18-3-7-20(24)8-4-18)29-16-21(28)15-26-11-9-25(10-12-26)13-14-27/h1-8,21-22,27-28H,9-16H2/t21-/m0/s1. The summed E-state index contributed by atoms with van der Waals surface area (Å²) in [5, 5.41) is 19.5. The first-order valence-electron chi connectivity index (χ1n) is 9.91. The zero-order chi connectivity index (χ0) is 20.6. The highest BCUT2D eigenvalue weighted by Gasteiger charge is 2.21. The number of hydrogen-bond acceptors (Lipinski definition) is 5. The molecule has 0 spiro atoms. The van der Waals surface area contributed by atoms with E-state index in [1.54, 1.807) is 24.3 Å². The van der Waals surface area contributed by atoms with Gasteiger partial charge in [0, 0.05) is 39.3 Å². The van der Waals surface area contributed by atoms with E-state index in [-0.39, 0.29) is 24.8 Å². The van der Waals surface area contributed by atoms with Crippen molar-refractivity contribution < 1.29 is 23.7 Å². The molecule has 1 heterocycles. The Morgan fingerprint density at radius 2 is 1.31 bits per heavy atom. The normalized spacial score (nSPS) is 17.0. The first-order valence-corrected chi connectivity index (χ1v) is 9.91. The summed E-state index contributed by atoms with van der Waals surface area (Å²) in [5.41, 5.74) is 1.48. The Kier molecular flexibility index (Phi) is 8.09. The Morgan fingerprint density at radius 3 is 1.79 bits per heavy atom. The summed E-state index contributed by atoms with van der Waals surface area (Å²) >= 11 is 0. The maximum atomic E-state index is 13.3. The summed E-state index contributed by atoms with van der Waals surface area (Å²) in [4.78, 5) is 4.37. The number of aliphatic hydroxyl groups is 2. The van der Waals surface area contributed by atoms with Gasteiger partial charge in [-0.3, -0.25) is 9.80 Å². The van der Waals surface area contributed by atoms with Crippen LogP contribution in [0.5, 0.6) is 0 Å². The molecule has 1 saturated heterocycles. The lowest BCUT2D eigenvalue weighted by Crippen LogP contribution is -2.49. The van der Waals surface area contributed by atoms with Crippen LogP contribution in [0.15, 0.2) is 48.5 Å². The molecule has 1 fully saturated rings. The van der Waals surface area contributed by atoms with Crippen LogP contribution in [0.1, 0.15) is 17.2 Å². The predicted molar refractivity (Wildman–Crippen MR) is 107 cm³/mol. The molecule has 0 radical (unpaired) electrons. The van der Waals surface area contributed by atoms with Crippen molar-refractivity contribution in [3.8, 4) is 0 Å². The van der Waals surface area contributed by atoms with E-state index in [0.29, 0.717) is 13.1 Å². The van der Waals surface area contributed by atoms with Crippen LogP contribution < -0.4 is 0 Å². The van der Waals surface area contributed by atoms with E-state index in [1.807, 2.05) is 0 Å². The molecule has 7 heteroatoms. The minimum Gasteiger partial charge on any atom is -0.395 e. The molecule has 2 aromatic rings. The van der Waals surface area contributed by atoms with Crippen molar-refractivity contribution in [2.45, 2.75) is 12.2 Å². The van der Waals surface area contributed by atoms with E-state index in [9.17, 15) is 13.9 Å². The average Bonchev–Trinajstić information content (AvgIpc) is 2.72. The highest BCUT2D eigenvalue weighted by molar-refractivity contribution is 5.30. The van der Waals surface area contributed by atoms with Crippen LogP contribution in [0.25, 0.3) is 0 Å². The molecule has 29 heavy (non-hydrogen) atoms. The topological polar surface area (TPSA) is 56.2 Å². The second-order valence-corrected chi connectivity index (χ2v) is 7.34. The van der Waals surface area contributed by atoms with Gasteiger partial charge in [0.15, 0.2) is 0 Å². The molecule has 5 nitrogen and oxygen atoms in total. The fourth-order valence-electron chi connectivity index (χ4n) is 3.55. The number of benzene rings is 2. The predicted octanol–water partition coefficient (Wildman–Crippen LogP) is 2.04. The van der Waals surface area contributed by atoms with Gasteiger partial charge in [0.25, 0.3) is 0 Å². The number of rotatable bonds is 9. The van der Waals surface area contributed by atoms with Gasteiger partial charge in [-0.25, -0.2) is 8.78 Å². The largest absolute Gasteiger partial charge is 0.395 e. The molecule has 0 aromatic heterocycles. The van der Waals surface area contributed by atoms with E-state index < -0.39 is 12.2 Å². The summed E-state index contributed by atoms with van der Waals surface area (Å²) < 4.78 is 32.6. The molecule has 1 aliphatic heterocycles. The summed E-state index contributed by atoms with van der Waals surface area (Å²) in [6.07, 6.45) is -1.20. The zero-order valence-corrected chi connectivity index (χ0v) is 16.4. The fourth-order valence-corrected chi connectivity index (χ4v) is 3.55. The van der Waals surface area contributed by atoms with Gasteiger partial charge in [0.2, 0.25) is 0 Å². The molecule has 158 valence electrons. The number of aliphatic hydroxyl groups excluding tert-OH is 2. The Hall–Kier alpha value is -1.90. The Labute approximate surface area is 170 Å². The number of β-amino-alcohol motifs (C(OH)–C–C–N with tert-alkyl or cyclic N) is 2. The molecule has 0 amide bonds. The van der Waals surface area contributed by atoms with Gasteiger partial charge in [0.1, 0.15) is 17.7 Å². The van der Waals surface area contributed by atoms with Crippen LogP contribution >= 0.6 is 0 Å². The smallest absolute Gasteiger partial charge is 0.123 e. The van der Waals surface area contributed by atoms with Gasteiger partial charge in [-0.1, -0.05) is 24.3 Å². The van der Waals surface area contributed by atoms with Crippen molar-refractivity contribution in [3.05, 3.63) is 71.3 Å². The second-order valence-electron chi connectivity index (χ2n) is 7.34. The highest BCUT2D eigenvalue weighted by atomic mass is 19.1. The van der Waals surface area contributed by atoms with Crippen molar-refractivity contribution in [2.24, 2.45) is 0 Å². The Morgan fingerprint density at radius 1 is 0.828 bits per heavy atom. The molecular formula is C22H28F2N2O3. The number of hydrogen-bond donors (Lipinski definition) is 2. The fraction of sp³-hybridized carbons (Fsp3) is 0.455. The Bertz CT molecular complexity index is 689. The quantitative estimate of drug-likeness (QED) is 0.668. The van der Waals surface area contributed by atoms with Crippen molar-refractivity contribution in [1.82, 2.24) is 9.80 Å². The van der Waals surface area contributed by atoms with Crippen LogP contribution in [0.4, 0.5) is 8.78 Å². The van der Waals surface area contributed by atoms with Gasteiger partial charge >= 0.3 is 0 Å². The van der Waals surface area contributed by atoms with E-state index in [4.69, 9.17) is 9.84 Å². The first-order chi connectivity index (χ1) is 14.0. The minimum absolute atomic E-state index is 0.107. The van der Waals surface area contributed by atoms with E-state index >= 15 is 0 Å². The summed E-state index contributed by atoms with van der Waals surface area (Å²) in [7, 11) is 0. The van der Waals surface area contributed by atoms with E-state index in [2.05, 4.69) is 9.80 Å². The lowest BCUT2D eigenvalue weighted by Gasteiger charge is -2.35. The molecule has 0 bridgehead atoms. The van der Waals surface area contributed by atoms with Crippen molar-refractivity contribution >= 4 is 0 Å². The number of ether oxygens (including phenoxy) is 1. The molecule has 0 aliphatic carbocycles. The van der Waals surface area contributed by atoms with Gasteiger partial charge in [0.05, 0.1) is 19.3 Å². The number of halogens is 2. The number of piperazine rings is 1.